The van der Waals surface area contributed by atoms with E-state index >= 15 is 0 Å². The van der Waals surface area contributed by atoms with Gasteiger partial charge in [0.1, 0.15) is 11.8 Å². The number of hydrogen-bond donors (Lipinski definition) is 1. The van der Waals surface area contributed by atoms with E-state index in [9.17, 15) is 4.79 Å². The van der Waals surface area contributed by atoms with Gasteiger partial charge in [0.25, 0.3) is 11.1 Å². The fraction of sp³-hybridized carbons (Fsp3) is 0.111. The number of carbonyl (C=O) groups excluding carboxylic acids is 1. The molecule has 7 nitrogen and oxygen atoms in total. The molecule has 3 rings (SSSR count). The van der Waals surface area contributed by atoms with E-state index in [-0.39, 0.29) is 22.8 Å². The summed E-state index contributed by atoms with van der Waals surface area (Å²) in [6, 6.07) is 11.7. The van der Waals surface area contributed by atoms with Crippen LogP contribution in [0, 0.1) is 11.3 Å². The van der Waals surface area contributed by atoms with E-state index in [4.69, 9.17) is 37.6 Å². The van der Waals surface area contributed by atoms with Crippen LogP contribution in [0.15, 0.2) is 46.0 Å². The highest BCUT2D eigenvalue weighted by Crippen LogP contribution is 2.33. The summed E-state index contributed by atoms with van der Waals surface area (Å²) >= 11 is 13.0. The first kappa shape index (κ1) is 20.0. The number of carbonyl (C=O) groups is 1. The van der Waals surface area contributed by atoms with E-state index in [1.807, 2.05) is 6.07 Å². The minimum atomic E-state index is -0.344. The summed E-state index contributed by atoms with van der Waals surface area (Å²) in [5.74, 6) is 0.422. The van der Waals surface area contributed by atoms with Crippen LogP contribution < -0.4 is 10.1 Å². The fourth-order valence-electron chi connectivity index (χ4n) is 2.26. The molecule has 0 radical (unpaired) electrons. The molecular weight excluding hydrogens is 423 g/mol. The highest BCUT2D eigenvalue weighted by molar-refractivity contribution is 7.99. The Morgan fingerprint density at radius 1 is 1.25 bits per heavy atom. The number of aromatic nitrogens is 2. The molecule has 10 heteroatoms. The molecule has 2 aromatic carbocycles. The summed E-state index contributed by atoms with van der Waals surface area (Å²) < 4.78 is 10.8. The number of nitrogens with zero attached hydrogens (tertiary/aromatic N) is 3. The van der Waals surface area contributed by atoms with Crippen LogP contribution >= 0.6 is 35.0 Å². The van der Waals surface area contributed by atoms with Crippen LogP contribution in [0.1, 0.15) is 5.56 Å². The molecule has 0 atom stereocenters. The highest BCUT2D eigenvalue weighted by atomic mass is 35.5. The van der Waals surface area contributed by atoms with Gasteiger partial charge in [0.2, 0.25) is 5.91 Å². The van der Waals surface area contributed by atoms with Gasteiger partial charge in [0.15, 0.2) is 0 Å². The number of benzene rings is 2. The van der Waals surface area contributed by atoms with Crippen LogP contribution in [0.5, 0.6) is 5.75 Å². The summed E-state index contributed by atoms with van der Waals surface area (Å²) in [4.78, 5) is 12.2. The average Bonchev–Trinajstić information content (AvgIpc) is 3.15. The minimum Gasteiger partial charge on any atom is -0.496 e. The van der Waals surface area contributed by atoms with E-state index in [1.54, 1.807) is 24.3 Å². The number of ether oxygens (including phenoxy) is 1. The number of hydrogen-bond acceptors (Lipinski definition) is 7. The van der Waals surface area contributed by atoms with Crippen molar-refractivity contribution in [3.8, 4) is 23.3 Å². The number of rotatable bonds is 6. The SMILES string of the molecule is COc1ccc(Cl)cc1-c1nnc(SCC(=O)Nc2cc(Cl)ccc2C#N)o1. The first-order chi connectivity index (χ1) is 13.5. The molecule has 0 saturated heterocycles. The Kier molecular flexibility index (Phi) is 6.41. The predicted octanol–water partition coefficient (Wildman–Crippen LogP) is 4.65. The third-order valence-electron chi connectivity index (χ3n) is 3.50. The fourth-order valence-corrected chi connectivity index (χ4v) is 3.16. The number of halogens is 2. The molecule has 0 aliphatic heterocycles. The Labute approximate surface area is 174 Å². The molecule has 28 heavy (non-hydrogen) atoms. The lowest BCUT2D eigenvalue weighted by Gasteiger charge is -2.06. The number of amides is 1. The van der Waals surface area contributed by atoms with Crippen molar-refractivity contribution >= 4 is 46.6 Å². The van der Waals surface area contributed by atoms with Crippen molar-refractivity contribution in [1.29, 1.82) is 5.26 Å². The summed E-state index contributed by atoms with van der Waals surface area (Å²) in [7, 11) is 1.52. The molecule has 1 amide bonds. The topological polar surface area (TPSA) is 101 Å². The van der Waals surface area contributed by atoms with Gasteiger partial charge in [-0.3, -0.25) is 4.79 Å². The number of nitrogens with one attached hydrogen (secondary N) is 1. The van der Waals surface area contributed by atoms with Gasteiger partial charge >= 0.3 is 0 Å². The molecule has 1 N–H and O–H groups in total. The number of methoxy groups -OCH3 is 1. The van der Waals surface area contributed by atoms with Gasteiger partial charge in [0.05, 0.1) is 29.7 Å². The van der Waals surface area contributed by atoms with Crippen molar-refractivity contribution in [2.24, 2.45) is 0 Å². The van der Waals surface area contributed by atoms with E-state index in [1.165, 1.54) is 19.2 Å². The number of anilines is 1. The maximum absolute atomic E-state index is 12.2. The molecule has 3 aromatic rings. The third-order valence-corrected chi connectivity index (χ3v) is 4.79. The largest absolute Gasteiger partial charge is 0.496 e. The van der Waals surface area contributed by atoms with Crippen molar-refractivity contribution in [2.45, 2.75) is 5.22 Å². The number of nitriles is 1. The van der Waals surface area contributed by atoms with Gasteiger partial charge in [-0.05, 0) is 36.4 Å². The van der Waals surface area contributed by atoms with Gasteiger partial charge in [0, 0.05) is 10.0 Å². The molecule has 0 saturated carbocycles. The van der Waals surface area contributed by atoms with E-state index < -0.39 is 0 Å². The standard InChI is InChI=1S/C18H12Cl2N4O3S/c1-26-15-5-4-11(19)6-13(15)17-23-24-18(27-17)28-9-16(25)22-14-7-12(20)3-2-10(14)8-21/h2-7H,9H2,1H3,(H,22,25). The molecule has 0 bridgehead atoms. The monoisotopic (exact) mass is 434 g/mol. The lowest BCUT2D eigenvalue weighted by atomic mass is 10.2. The Balaban J connectivity index is 1.67. The Morgan fingerprint density at radius 2 is 2.00 bits per heavy atom. The first-order valence-electron chi connectivity index (χ1n) is 7.80. The van der Waals surface area contributed by atoms with Crippen LogP contribution in [0.4, 0.5) is 5.69 Å². The van der Waals surface area contributed by atoms with Crippen LogP contribution in [-0.4, -0.2) is 29.0 Å². The summed E-state index contributed by atoms with van der Waals surface area (Å²) in [5, 5.41) is 20.8. The quantitative estimate of drug-likeness (QED) is 0.562. The molecule has 0 spiro atoms. The Morgan fingerprint density at radius 3 is 2.75 bits per heavy atom. The average molecular weight is 435 g/mol. The van der Waals surface area contributed by atoms with Crippen molar-refractivity contribution in [1.82, 2.24) is 10.2 Å². The van der Waals surface area contributed by atoms with Gasteiger partial charge in [-0.15, -0.1) is 10.2 Å². The number of thioether (sulfide) groups is 1. The van der Waals surface area contributed by atoms with Crippen LogP contribution in [-0.2, 0) is 4.79 Å². The van der Waals surface area contributed by atoms with E-state index in [0.29, 0.717) is 32.6 Å². The normalized spacial score (nSPS) is 10.4. The second kappa shape index (κ2) is 8.97. The van der Waals surface area contributed by atoms with Crippen LogP contribution in [0.2, 0.25) is 10.0 Å². The van der Waals surface area contributed by atoms with Crippen molar-refractivity contribution < 1.29 is 13.9 Å². The van der Waals surface area contributed by atoms with E-state index in [2.05, 4.69) is 15.5 Å². The zero-order valence-electron chi connectivity index (χ0n) is 14.4. The molecule has 1 aromatic heterocycles. The molecule has 1 heterocycles. The highest BCUT2D eigenvalue weighted by Gasteiger charge is 2.16. The van der Waals surface area contributed by atoms with Crippen molar-refractivity contribution in [2.75, 3.05) is 18.2 Å². The third kappa shape index (κ3) is 4.75. The summed E-state index contributed by atoms with van der Waals surface area (Å²) in [5.41, 5.74) is 1.21. The summed E-state index contributed by atoms with van der Waals surface area (Å²) in [6.45, 7) is 0. The maximum atomic E-state index is 12.2. The smallest absolute Gasteiger partial charge is 0.277 e. The second-order valence-electron chi connectivity index (χ2n) is 5.36. The van der Waals surface area contributed by atoms with Crippen LogP contribution in [0.25, 0.3) is 11.5 Å². The molecule has 142 valence electrons. The predicted molar refractivity (Wildman–Crippen MR) is 107 cm³/mol. The Bertz CT molecular complexity index is 1070. The molecule has 0 unspecified atom stereocenters. The minimum absolute atomic E-state index is 0.00565. The maximum Gasteiger partial charge on any atom is 0.277 e. The zero-order valence-corrected chi connectivity index (χ0v) is 16.7. The first-order valence-corrected chi connectivity index (χ1v) is 9.54. The molecule has 0 fully saturated rings. The van der Waals surface area contributed by atoms with E-state index in [0.717, 1.165) is 11.8 Å². The van der Waals surface area contributed by atoms with Gasteiger partial charge < -0.3 is 14.5 Å². The molecular formula is C18H12Cl2N4O3S. The lowest BCUT2D eigenvalue weighted by molar-refractivity contribution is -0.113. The van der Waals surface area contributed by atoms with Gasteiger partial charge in [-0.1, -0.05) is 35.0 Å². The zero-order chi connectivity index (χ0) is 20.1. The Hall–Kier alpha value is -2.73. The van der Waals surface area contributed by atoms with Crippen molar-refractivity contribution in [3.05, 3.63) is 52.0 Å². The van der Waals surface area contributed by atoms with Gasteiger partial charge in [-0.2, -0.15) is 5.26 Å². The van der Waals surface area contributed by atoms with Gasteiger partial charge in [-0.25, -0.2) is 0 Å². The van der Waals surface area contributed by atoms with Crippen LogP contribution in [0.3, 0.4) is 0 Å². The lowest BCUT2D eigenvalue weighted by Crippen LogP contribution is -2.15. The van der Waals surface area contributed by atoms with Crippen molar-refractivity contribution in [3.63, 3.8) is 0 Å². The summed E-state index contributed by atoms with van der Waals surface area (Å²) in [6.07, 6.45) is 0. The molecule has 0 aliphatic carbocycles. The molecule has 0 aliphatic rings. The second-order valence-corrected chi connectivity index (χ2v) is 7.16.